The van der Waals surface area contributed by atoms with Crippen molar-refractivity contribution < 1.29 is 27.6 Å². The van der Waals surface area contributed by atoms with Crippen LogP contribution < -0.4 is 10.1 Å². The summed E-state index contributed by atoms with van der Waals surface area (Å²) >= 11 is 0. The van der Waals surface area contributed by atoms with Gasteiger partial charge in [0.2, 0.25) is 5.91 Å². The molecule has 25 heavy (non-hydrogen) atoms. The Hall–Kier alpha value is -3.11. The van der Waals surface area contributed by atoms with Crippen molar-refractivity contribution in [2.24, 2.45) is 0 Å². The summed E-state index contributed by atoms with van der Waals surface area (Å²) in [4.78, 5) is 21.8. The molecule has 0 radical (unpaired) electrons. The van der Waals surface area contributed by atoms with Crippen LogP contribution in [-0.2, 0) is 11.3 Å². The van der Waals surface area contributed by atoms with Crippen molar-refractivity contribution in [3.63, 3.8) is 0 Å². The van der Waals surface area contributed by atoms with E-state index in [0.29, 0.717) is 5.56 Å². The molecule has 134 valence electrons. The van der Waals surface area contributed by atoms with Crippen LogP contribution in [0.2, 0.25) is 0 Å². The van der Waals surface area contributed by atoms with Gasteiger partial charge in [-0.25, -0.2) is 0 Å². The van der Waals surface area contributed by atoms with Gasteiger partial charge in [-0.3, -0.25) is 19.6 Å². The summed E-state index contributed by atoms with van der Waals surface area (Å²) in [6.45, 7) is 1.41. The molecule has 0 aliphatic rings. The van der Waals surface area contributed by atoms with Gasteiger partial charge in [-0.1, -0.05) is 12.1 Å². The Bertz CT molecular complexity index is 758. The summed E-state index contributed by atoms with van der Waals surface area (Å²) in [5.74, 6) is -0.820. The van der Waals surface area contributed by atoms with Crippen molar-refractivity contribution in [2.75, 3.05) is 0 Å². The number of halogens is 3. The summed E-state index contributed by atoms with van der Waals surface area (Å²) < 4.78 is 41.2. The van der Waals surface area contributed by atoms with Crippen LogP contribution in [0.4, 0.5) is 18.9 Å². The Kier molecular flexibility index (Phi) is 5.25. The second-order valence-corrected chi connectivity index (χ2v) is 5.06. The topological polar surface area (TPSA) is 99.3 Å². The quantitative estimate of drug-likeness (QED) is 0.632. The van der Waals surface area contributed by atoms with Gasteiger partial charge in [-0.15, -0.1) is 13.2 Å². The maximum Gasteiger partial charge on any atom is 0.573 e. The Labute approximate surface area is 139 Å². The lowest BCUT2D eigenvalue weighted by Crippen LogP contribution is -2.30. The third kappa shape index (κ3) is 5.48. The summed E-state index contributed by atoms with van der Waals surface area (Å²) in [5.41, 5.74) is 0.329. The molecular formula is C14H13F3N4O4. The van der Waals surface area contributed by atoms with E-state index in [9.17, 15) is 28.1 Å². The first-order valence-electron chi connectivity index (χ1n) is 6.96. The average Bonchev–Trinajstić information content (AvgIpc) is 2.94. The molecule has 1 N–H and O–H groups in total. The van der Waals surface area contributed by atoms with Crippen molar-refractivity contribution in [2.45, 2.75) is 25.9 Å². The first-order chi connectivity index (χ1) is 11.6. The van der Waals surface area contributed by atoms with E-state index in [2.05, 4.69) is 15.2 Å². The molecule has 1 heterocycles. The number of benzene rings is 1. The SMILES string of the molecule is C[C@H](NC(=O)Cn1cc([N+](=O)[O-])cn1)c1ccc(OC(F)(F)F)cc1. The molecule has 0 aliphatic heterocycles. The standard InChI is InChI=1S/C14H13F3N4O4/c1-9(10-2-4-12(5-3-10)25-14(15,16)17)19-13(22)8-20-7-11(6-18-20)21(23)24/h2-7,9H,8H2,1H3,(H,19,22)/t9-/m0/s1. The lowest BCUT2D eigenvalue weighted by Gasteiger charge is -2.15. The van der Waals surface area contributed by atoms with E-state index in [1.54, 1.807) is 6.92 Å². The van der Waals surface area contributed by atoms with Gasteiger partial charge in [0.1, 0.15) is 24.7 Å². The van der Waals surface area contributed by atoms with Gasteiger partial charge < -0.3 is 10.1 Å². The van der Waals surface area contributed by atoms with Crippen LogP contribution >= 0.6 is 0 Å². The number of aromatic nitrogens is 2. The molecule has 2 aromatic rings. The van der Waals surface area contributed by atoms with Crippen molar-refractivity contribution in [1.29, 1.82) is 0 Å². The maximum atomic E-state index is 12.1. The monoisotopic (exact) mass is 358 g/mol. The molecule has 1 aromatic heterocycles. The van der Waals surface area contributed by atoms with E-state index in [4.69, 9.17) is 0 Å². The zero-order valence-corrected chi connectivity index (χ0v) is 12.9. The van der Waals surface area contributed by atoms with Gasteiger partial charge in [0, 0.05) is 0 Å². The lowest BCUT2D eigenvalue weighted by atomic mass is 10.1. The van der Waals surface area contributed by atoms with Crippen LogP contribution in [-0.4, -0.2) is 27.0 Å². The Morgan fingerprint density at radius 1 is 1.40 bits per heavy atom. The number of ether oxygens (including phenoxy) is 1. The van der Waals surface area contributed by atoms with E-state index >= 15 is 0 Å². The van der Waals surface area contributed by atoms with E-state index in [-0.39, 0.29) is 18.0 Å². The highest BCUT2D eigenvalue weighted by Gasteiger charge is 2.31. The highest BCUT2D eigenvalue weighted by atomic mass is 19.4. The molecule has 8 nitrogen and oxygen atoms in total. The highest BCUT2D eigenvalue weighted by molar-refractivity contribution is 5.76. The van der Waals surface area contributed by atoms with Gasteiger partial charge in [0.05, 0.1) is 11.0 Å². The molecule has 1 atom stereocenters. The van der Waals surface area contributed by atoms with Crippen molar-refractivity contribution in [1.82, 2.24) is 15.1 Å². The zero-order chi connectivity index (χ0) is 18.6. The number of hydrogen-bond acceptors (Lipinski definition) is 5. The number of amides is 1. The van der Waals surface area contributed by atoms with Gasteiger partial charge in [-0.05, 0) is 24.6 Å². The average molecular weight is 358 g/mol. The normalized spacial score (nSPS) is 12.5. The third-order valence-electron chi connectivity index (χ3n) is 3.13. The first kappa shape index (κ1) is 18.2. The molecule has 0 spiro atoms. The predicted octanol–water partition coefficient (Wildman–Crippen LogP) is 2.57. The fraction of sp³-hybridized carbons (Fsp3) is 0.286. The van der Waals surface area contributed by atoms with Crippen molar-refractivity contribution in [3.05, 3.63) is 52.3 Å². The van der Waals surface area contributed by atoms with Gasteiger partial charge in [0.25, 0.3) is 0 Å². The van der Waals surface area contributed by atoms with Crippen LogP contribution in [0.5, 0.6) is 5.75 Å². The minimum Gasteiger partial charge on any atom is -0.406 e. The fourth-order valence-electron chi connectivity index (χ4n) is 2.01. The minimum absolute atomic E-state index is 0.229. The molecule has 0 aliphatic carbocycles. The van der Waals surface area contributed by atoms with Crippen LogP contribution in [0.3, 0.4) is 0 Å². The lowest BCUT2D eigenvalue weighted by molar-refractivity contribution is -0.385. The van der Waals surface area contributed by atoms with Gasteiger partial charge >= 0.3 is 12.0 Å². The summed E-state index contributed by atoms with van der Waals surface area (Å²) in [6.07, 6.45) is -2.63. The Balaban J connectivity index is 1.92. The number of rotatable bonds is 6. The summed E-state index contributed by atoms with van der Waals surface area (Å²) in [6, 6.07) is 4.58. The number of carbonyl (C=O) groups is 1. The molecular weight excluding hydrogens is 345 g/mol. The van der Waals surface area contributed by atoms with Gasteiger partial charge in [0.15, 0.2) is 0 Å². The van der Waals surface area contributed by atoms with E-state index in [0.717, 1.165) is 29.2 Å². The molecule has 1 aromatic carbocycles. The maximum absolute atomic E-state index is 12.1. The zero-order valence-electron chi connectivity index (χ0n) is 12.9. The number of nitrogens with zero attached hydrogens (tertiary/aromatic N) is 3. The van der Waals surface area contributed by atoms with Crippen LogP contribution in [0.15, 0.2) is 36.7 Å². The molecule has 0 saturated carbocycles. The molecule has 11 heteroatoms. The second-order valence-electron chi connectivity index (χ2n) is 5.06. The van der Waals surface area contributed by atoms with Crippen LogP contribution in [0.25, 0.3) is 0 Å². The Morgan fingerprint density at radius 3 is 2.56 bits per heavy atom. The van der Waals surface area contributed by atoms with E-state index in [1.165, 1.54) is 12.1 Å². The van der Waals surface area contributed by atoms with Crippen molar-refractivity contribution in [3.8, 4) is 5.75 Å². The third-order valence-corrected chi connectivity index (χ3v) is 3.13. The summed E-state index contributed by atoms with van der Waals surface area (Å²) in [5, 5.41) is 16.9. The minimum atomic E-state index is -4.77. The first-order valence-corrected chi connectivity index (χ1v) is 6.96. The molecule has 1 amide bonds. The summed E-state index contributed by atoms with van der Waals surface area (Å²) in [7, 11) is 0. The highest BCUT2D eigenvalue weighted by Crippen LogP contribution is 2.24. The van der Waals surface area contributed by atoms with E-state index < -0.39 is 23.2 Å². The largest absolute Gasteiger partial charge is 0.573 e. The fourth-order valence-corrected chi connectivity index (χ4v) is 2.01. The van der Waals surface area contributed by atoms with Crippen molar-refractivity contribution >= 4 is 11.6 Å². The number of alkyl halides is 3. The van der Waals surface area contributed by atoms with Crippen LogP contribution in [0, 0.1) is 10.1 Å². The van der Waals surface area contributed by atoms with E-state index in [1.807, 2.05) is 0 Å². The molecule has 0 saturated heterocycles. The van der Waals surface area contributed by atoms with Crippen LogP contribution in [0.1, 0.15) is 18.5 Å². The molecule has 0 fully saturated rings. The molecule has 0 bridgehead atoms. The number of carbonyl (C=O) groups excluding carboxylic acids is 1. The Morgan fingerprint density at radius 2 is 2.04 bits per heavy atom. The molecule has 2 rings (SSSR count). The predicted molar refractivity (Wildman–Crippen MR) is 78.6 cm³/mol. The van der Waals surface area contributed by atoms with Gasteiger partial charge in [-0.2, -0.15) is 5.10 Å². The number of nitrogens with one attached hydrogen (secondary N) is 1. The molecule has 0 unspecified atom stereocenters. The smallest absolute Gasteiger partial charge is 0.406 e. The second kappa shape index (κ2) is 7.20. The number of nitro groups is 1. The number of hydrogen-bond donors (Lipinski definition) is 1.